The van der Waals surface area contributed by atoms with E-state index in [0.29, 0.717) is 42.7 Å². The zero-order valence-electron chi connectivity index (χ0n) is 36.2. The highest BCUT2D eigenvalue weighted by atomic mass is 16.6. The summed E-state index contributed by atoms with van der Waals surface area (Å²) in [5.74, 6) is 2.20. The fourth-order valence-electron chi connectivity index (χ4n) is 14.9. The minimum Gasteiger partial charge on any atom is -0.462 e. The van der Waals surface area contributed by atoms with Gasteiger partial charge in [0.05, 0.1) is 18.1 Å². The van der Waals surface area contributed by atoms with Crippen LogP contribution in [0.5, 0.6) is 0 Å². The van der Waals surface area contributed by atoms with Crippen molar-refractivity contribution in [3.63, 3.8) is 0 Å². The lowest BCUT2D eigenvalue weighted by Gasteiger charge is -2.73. The second kappa shape index (κ2) is 14.4. The molecule has 2 amide bonds. The van der Waals surface area contributed by atoms with Gasteiger partial charge in [-0.2, -0.15) is 0 Å². The molecule has 0 spiro atoms. The van der Waals surface area contributed by atoms with Crippen molar-refractivity contribution in [1.82, 2.24) is 10.2 Å². The lowest BCUT2D eigenvalue weighted by molar-refractivity contribution is -0.249. The van der Waals surface area contributed by atoms with Gasteiger partial charge in [0.1, 0.15) is 11.7 Å². The van der Waals surface area contributed by atoms with Gasteiger partial charge in [-0.15, -0.1) is 0 Å². The molecule has 0 aromatic rings. The summed E-state index contributed by atoms with van der Waals surface area (Å²) < 4.78 is 17.8. The van der Waals surface area contributed by atoms with Gasteiger partial charge in [-0.25, -0.2) is 4.79 Å². The van der Waals surface area contributed by atoms with E-state index in [0.717, 1.165) is 44.9 Å². The molecule has 0 aromatic carbocycles. The molecule has 0 unspecified atom stereocenters. The molecular formula is C46H76N2O6. The highest BCUT2D eigenvalue weighted by Gasteiger charge is 2.71. The Bertz CT molecular complexity index is 1470. The third-order valence-electron chi connectivity index (χ3n) is 17.6. The smallest absolute Gasteiger partial charge is 0.410 e. The number of likely N-dealkylation sites (tertiary alicyclic amines) is 1. The monoisotopic (exact) mass is 753 g/mol. The Morgan fingerprint density at radius 3 is 2.20 bits per heavy atom. The Hall–Kier alpha value is -2.09. The van der Waals surface area contributed by atoms with Crippen molar-refractivity contribution in [2.24, 2.45) is 62.6 Å². The summed E-state index contributed by atoms with van der Waals surface area (Å²) in [5, 5.41) is 3.52. The predicted octanol–water partition coefficient (Wildman–Crippen LogP) is 9.74. The van der Waals surface area contributed by atoms with Crippen molar-refractivity contribution in [3.05, 3.63) is 12.2 Å². The maximum Gasteiger partial charge on any atom is 0.410 e. The van der Waals surface area contributed by atoms with E-state index in [2.05, 4.69) is 53.4 Å². The molecule has 0 aromatic heterocycles. The number of fused-ring (bicyclic) bond motifs is 7. The molecule has 5 aliphatic carbocycles. The quantitative estimate of drug-likeness (QED) is 0.196. The number of amides is 2. The lowest BCUT2D eigenvalue weighted by Crippen LogP contribution is -2.67. The van der Waals surface area contributed by atoms with Gasteiger partial charge in [0.15, 0.2) is 0 Å². The van der Waals surface area contributed by atoms with Crippen molar-refractivity contribution >= 4 is 18.0 Å². The molecule has 6 aliphatic rings. The number of allylic oxidation sites excluding steroid dienone is 1. The zero-order valence-corrected chi connectivity index (χ0v) is 36.2. The highest BCUT2D eigenvalue weighted by Crippen LogP contribution is 2.77. The van der Waals surface area contributed by atoms with Crippen molar-refractivity contribution in [2.75, 3.05) is 20.2 Å². The van der Waals surface area contributed by atoms with E-state index in [4.69, 9.17) is 14.2 Å². The molecule has 1 saturated heterocycles. The second-order valence-electron chi connectivity index (χ2n) is 21.6. The third kappa shape index (κ3) is 6.66. The number of hydrogen-bond acceptors (Lipinski definition) is 6. The Labute approximate surface area is 328 Å². The van der Waals surface area contributed by atoms with E-state index in [1.807, 2.05) is 27.7 Å². The van der Waals surface area contributed by atoms with Gasteiger partial charge in [-0.05, 0) is 156 Å². The Morgan fingerprint density at radius 2 is 1.57 bits per heavy atom. The van der Waals surface area contributed by atoms with E-state index in [1.165, 1.54) is 37.7 Å². The molecule has 5 saturated carbocycles. The van der Waals surface area contributed by atoms with Crippen LogP contribution in [0.4, 0.5) is 4.79 Å². The van der Waals surface area contributed by atoms with Gasteiger partial charge in [-0.3, -0.25) is 9.59 Å². The number of ether oxygens (including phenoxy) is 3. The summed E-state index contributed by atoms with van der Waals surface area (Å²) in [5.41, 5.74) is 1.39. The van der Waals surface area contributed by atoms with Crippen LogP contribution in [0.25, 0.3) is 0 Å². The number of carbonyl (C=O) groups is 3. The number of rotatable bonds is 8. The summed E-state index contributed by atoms with van der Waals surface area (Å²) in [6.45, 7) is 30.0. The average Bonchev–Trinajstić information content (AvgIpc) is 3.71. The predicted molar refractivity (Wildman–Crippen MR) is 213 cm³/mol. The minimum atomic E-state index is -0.582. The Kier molecular flexibility index (Phi) is 11.1. The first-order valence-corrected chi connectivity index (χ1v) is 21.7. The molecule has 54 heavy (non-hydrogen) atoms. The molecule has 1 N–H and O–H groups in total. The van der Waals surface area contributed by atoms with Crippen LogP contribution < -0.4 is 5.32 Å². The molecule has 8 heteroatoms. The third-order valence-corrected chi connectivity index (χ3v) is 17.6. The number of nitrogens with one attached hydrogen (secondary N) is 1. The van der Waals surface area contributed by atoms with Crippen LogP contribution >= 0.6 is 0 Å². The van der Waals surface area contributed by atoms with Gasteiger partial charge >= 0.3 is 12.1 Å². The van der Waals surface area contributed by atoms with Crippen LogP contribution in [0.1, 0.15) is 153 Å². The average molecular weight is 753 g/mol. The first-order valence-electron chi connectivity index (χ1n) is 21.7. The van der Waals surface area contributed by atoms with Crippen LogP contribution in [0, 0.1) is 62.6 Å². The normalized spacial score (nSPS) is 42.4. The highest BCUT2D eigenvalue weighted by molar-refractivity contribution is 5.79. The maximum absolute atomic E-state index is 14.2. The Morgan fingerprint density at radius 1 is 0.870 bits per heavy atom. The topological polar surface area (TPSA) is 94.2 Å². The van der Waals surface area contributed by atoms with Gasteiger partial charge in [0.25, 0.3) is 0 Å². The number of esters is 1. The van der Waals surface area contributed by atoms with E-state index in [9.17, 15) is 14.4 Å². The fourth-order valence-corrected chi connectivity index (χ4v) is 14.9. The first kappa shape index (κ1) is 41.5. The first-order chi connectivity index (χ1) is 25.1. The summed E-state index contributed by atoms with van der Waals surface area (Å²) >= 11 is 0. The number of methoxy groups -OCH3 is 1. The molecule has 0 radical (unpaired) electrons. The zero-order chi connectivity index (χ0) is 39.8. The SMILES string of the molecule is C=C(C)[C@@H]1CC[C@]2(CNC(=O)[C@H](C)[C@@H](OC)[C@@H]3CCCN3C(=O)OC(C)(C)C)CC[C@]3(C)[C@H](CC[C@@H]4[C@@]5(C)CC[C@H](OC(C)=O)C(C)(C)[C@@H]5CC[C@]43C)[C@@H]12. The van der Waals surface area contributed by atoms with E-state index >= 15 is 0 Å². The van der Waals surface area contributed by atoms with Gasteiger partial charge in [0, 0.05) is 32.5 Å². The minimum absolute atomic E-state index is 0.00589. The van der Waals surface area contributed by atoms with E-state index in [1.54, 1.807) is 18.9 Å². The van der Waals surface area contributed by atoms with E-state index in [-0.39, 0.29) is 57.2 Å². The summed E-state index contributed by atoms with van der Waals surface area (Å²) in [7, 11) is 1.67. The maximum atomic E-state index is 14.2. The van der Waals surface area contributed by atoms with Crippen molar-refractivity contribution in [1.29, 1.82) is 0 Å². The Balaban J connectivity index is 1.21. The van der Waals surface area contributed by atoms with Crippen LogP contribution in [0.15, 0.2) is 12.2 Å². The molecule has 8 nitrogen and oxygen atoms in total. The van der Waals surface area contributed by atoms with Gasteiger partial charge in [-0.1, -0.05) is 53.7 Å². The molecule has 1 aliphatic heterocycles. The van der Waals surface area contributed by atoms with Crippen LogP contribution in [0.2, 0.25) is 0 Å². The van der Waals surface area contributed by atoms with Crippen molar-refractivity contribution in [3.8, 4) is 0 Å². The molecule has 0 bridgehead atoms. The molecule has 6 fully saturated rings. The fraction of sp³-hybridized carbons (Fsp3) is 0.891. The largest absolute Gasteiger partial charge is 0.462 e. The van der Waals surface area contributed by atoms with Crippen LogP contribution in [-0.4, -0.2) is 66.9 Å². The summed E-state index contributed by atoms with van der Waals surface area (Å²) in [6.07, 6.45) is 12.5. The number of carbonyl (C=O) groups excluding carboxylic acids is 3. The number of nitrogens with zero attached hydrogens (tertiary/aromatic N) is 1. The van der Waals surface area contributed by atoms with E-state index < -0.39 is 17.6 Å². The van der Waals surface area contributed by atoms with Crippen LogP contribution in [0.3, 0.4) is 0 Å². The van der Waals surface area contributed by atoms with Crippen molar-refractivity contribution < 1.29 is 28.6 Å². The summed E-state index contributed by atoms with van der Waals surface area (Å²) in [6, 6.07) is -0.193. The standard InChI is InChI=1S/C46H76N2O6/c1-28(2)31-18-23-46(27-47-39(50)29(3)38(52-13)33-15-14-26-48(33)40(51)54-41(5,6)7)25-24-44(11)32(37(31)46)16-17-35-43(10)21-20-36(53-30(4)49)42(8,9)34(43)19-22-45(35,44)12/h29,31-38H,1,14-27H2,2-13H3,(H,47,50)/t29-,31+,32-,33+,34+,35-,36+,37-,38-,43+,44-,45-,46-/m1/s1. The number of hydrogen-bond donors (Lipinski definition) is 1. The molecule has 13 atom stereocenters. The molecular weight excluding hydrogens is 677 g/mol. The molecule has 1 heterocycles. The second-order valence-corrected chi connectivity index (χ2v) is 21.6. The molecule has 306 valence electrons. The van der Waals surface area contributed by atoms with Crippen LogP contribution in [-0.2, 0) is 23.8 Å². The molecule has 6 rings (SSSR count). The lowest BCUT2D eigenvalue weighted by atomic mass is 9.32. The van der Waals surface area contributed by atoms with Crippen molar-refractivity contribution in [2.45, 2.75) is 177 Å². The summed E-state index contributed by atoms with van der Waals surface area (Å²) in [4.78, 5) is 41.2. The van der Waals surface area contributed by atoms with Gasteiger partial charge < -0.3 is 24.4 Å². The van der Waals surface area contributed by atoms with Gasteiger partial charge in [0.2, 0.25) is 5.91 Å².